The third-order valence-electron chi connectivity index (χ3n) is 4.34. The number of aromatic nitrogens is 1. The van der Waals surface area contributed by atoms with Crippen LogP contribution in [0.5, 0.6) is 0 Å². The minimum Gasteiger partial charge on any atom is -0.439 e. The molecule has 0 radical (unpaired) electrons. The molecular weight excluding hydrogens is 297 g/mol. The Morgan fingerprint density at radius 3 is 2.91 bits per heavy atom. The summed E-state index contributed by atoms with van der Waals surface area (Å²) >= 11 is 0. The topological polar surface area (TPSA) is 81.2 Å². The van der Waals surface area contributed by atoms with Crippen molar-refractivity contribution in [2.24, 2.45) is 11.7 Å². The van der Waals surface area contributed by atoms with Crippen molar-refractivity contribution < 1.29 is 13.6 Å². The number of oxazole rings is 1. The van der Waals surface area contributed by atoms with Gasteiger partial charge in [0.05, 0.1) is 24.2 Å². The van der Waals surface area contributed by atoms with Crippen LogP contribution in [0.1, 0.15) is 31.6 Å². The summed E-state index contributed by atoms with van der Waals surface area (Å²) in [4.78, 5) is 15.7. The lowest BCUT2D eigenvalue weighted by molar-refractivity contribution is -0.123. The van der Waals surface area contributed by atoms with Gasteiger partial charge >= 0.3 is 0 Å². The lowest BCUT2D eigenvalue weighted by Crippen LogP contribution is -2.44. The summed E-state index contributed by atoms with van der Waals surface area (Å²) in [5, 5.41) is 3.30. The molecule has 1 aliphatic rings. The summed E-state index contributed by atoms with van der Waals surface area (Å²) in [5.74, 6) is 0.114. The number of amides is 1. The third kappa shape index (κ3) is 3.59. The molecule has 2 atom stereocenters. The van der Waals surface area contributed by atoms with Crippen LogP contribution in [-0.2, 0) is 11.3 Å². The van der Waals surface area contributed by atoms with Gasteiger partial charge in [-0.1, -0.05) is 25.0 Å². The van der Waals surface area contributed by atoms with Gasteiger partial charge in [-0.15, -0.1) is 0 Å². The molecule has 3 N–H and O–H groups in total. The molecule has 2 aromatic rings. The fourth-order valence-corrected chi connectivity index (χ4v) is 3.11. The Balaban J connectivity index is 1.65. The number of benzene rings is 1. The summed E-state index contributed by atoms with van der Waals surface area (Å²) in [7, 11) is 0. The van der Waals surface area contributed by atoms with E-state index in [0.29, 0.717) is 23.8 Å². The van der Waals surface area contributed by atoms with Gasteiger partial charge in [-0.25, -0.2) is 9.37 Å². The smallest absolute Gasteiger partial charge is 0.222 e. The molecule has 1 fully saturated rings. The average Bonchev–Trinajstić information content (AvgIpc) is 3.02. The van der Waals surface area contributed by atoms with Gasteiger partial charge in [-0.05, 0) is 25.0 Å². The molecular formula is C17H20FN3O2. The molecule has 23 heavy (non-hydrogen) atoms. The Morgan fingerprint density at radius 2 is 2.13 bits per heavy atom. The average molecular weight is 317 g/mol. The predicted molar refractivity (Wildman–Crippen MR) is 83.7 cm³/mol. The number of halogens is 1. The largest absolute Gasteiger partial charge is 0.439 e. The van der Waals surface area contributed by atoms with E-state index in [9.17, 15) is 9.18 Å². The highest BCUT2D eigenvalue weighted by Gasteiger charge is 2.29. The zero-order chi connectivity index (χ0) is 16.2. The Morgan fingerprint density at radius 1 is 1.35 bits per heavy atom. The molecule has 5 nitrogen and oxygen atoms in total. The summed E-state index contributed by atoms with van der Waals surface area (Å²) in [5.41, 5.74) is 5.85. The number of primary amides is 1. The number of nitrogens with two attached hydrogens (primary N) is 1. The second-order valence-corrected chi connectivity index (χ2v) is 5.88. The van der Waals surface area contributed by atoms with Crippen LogP contribution in [0.15, 0.2) is 34.9 Å². The monoisotopic (exact) mass is 317 g/mol. The lowest BCUT2D eigenvalue weighted by Gasteiger charge is -2.29. The molecule has 1 saturated carbocycles. The summed E-state index contributed by atoms with van der Waals surface area (Å²) in [6.45, 7) is 0.392. The number of carbonyl (C=O) groups excluding carboxylic acids is 1. The van der Waals surface area contributed by atoms with Gasteiger partial charge in [0.1, 0.15) is 5.82 Å². The molecule has 6 heteroatoms. The first kappa shape index (κ1) is 15.7. The SMILES string of the molecule is NC(=O)[C@H]1CCCC[C@@H]1NCc1ncc(-c2ccccc2F)o1. The number of hydrogen-bond acceptors (Lipinski definition) is 4. The van der Waals surface area contributed by atoms with Gasteiger partial charge in [0.15, 0.2) is 5.76 Å². The van der Waals surface area contributed by atoms with Crippen molar-refractivity contribution in [1.29, 1.82) is 0 Å². The highest BCUT2D eigenvalue weighted by atomic mass is 19.1. The quantitative estimate of drug-likeness (QED) is 0.888. The molecule has 1 heterocycles. The summed E-state index contributed by atoms with van der Waals surface area (Å²) < 4.78 is 19.4. The van der Waals surface area contributed by atoms with E-state index in [-0.39, 0.29) is 23.7 Å². The number of rotatable bonds is 5. The molecule has 1 aromatic heterocycles. The van der Waals surface area contributed by atoms with Crippen molar-refractivity contribution >= 4 is 5.91 Å². The fourth-order valence-electron chi connectivity index (χ4n) is 3.11. The number of nitrogens with one attached hydrogen (secondary N) is 1. The van der Waals surface area contributed by atoms with E-state index < -0.39 is 0 Å². The van der Waals surface area contributed by atoms with E-state index in [2.05, 4.69) is 10.3 Å². The van der Waals surface area contributed by atoms with E-state index in [0.717, 1.165) is 25.7 Å². The zero-order valence-corrected chi connectivity index (χ0v) is 12.8. The van der Waals surface area contributed by atoms with E-state index in [4.69, 9.17) is 10.2 Å². The van der Waals surface area contributed by atoms with Gasteiger partial charge < -0.3 is 15.5 Å². The summed E-state index contributed by atoms with van der Waals surface area (Å²) in [6.07, 6.45) is 5.35. The van der Waals surface area contributed by atoms with Gasteiger partial charge in [0, 0.05) is 6.04 Å². The van der Waals surface area contributed by atoms with Crippen molar-refractivity contribution in [1.82, 2.24) is 10.3 Å². The Bertz CT molecular complexity index is 686. The van der Waals surface area contributed by atoms with Crippen molar-refractivity contribution in [2.45, 2.75) is 38.3 Å². The van der Waals surface area contributed by atoms with Gasteiger partial charge in [0.25, 0.3) is 0 Å². The van der Waals surface area contributed by atoms with Crippen LogP contribution in [0, 0.1) is 11.7 Å². The standard InChI is InChI=1S/C17H20FN3O2/c18-13-7-3-1-5-11(13)15-9-21-16(23-15)10-20-14-8-4-2-6-12(14)17(19)22/h1,3,5,7,9,12,14,20H,2,4,6,8,10H2,(H2,19,22)/t12-,14-/m0/s1. The molecule has 1 aliphatic carbocycles. The van der Waals surface area contributed by atoms with Crippen molar-refractivity contribution in [3.05, 3.63) is 42.2 Å². The number of nitrogens with zero attached hydrogens (tertiary/aromatic N) is 1. The minimum atomic E-state index is -0.343. The molecule has 1 aromatic carbocycles. The van der Waals surface area contributed by atoms with Crippen LogP contribution >= 0.6 is 0 Å². The Hall–Kier alpha value is -2.21. The molecule has 122 valence electrons. The number of carbonyl (C=O) groups is 1. The molecule has 3 rings (SSSR count). The highest BCUT2D eigenvalue weighted by Crippen LogP contribution is 2.26. The van der Waals surface area contributed by atoms with Crippen molar-refractivity contribution in [3.8, 4) is 11.3 Å². The van der Waals surface area contributed by atoms with Crippen LogP contribution in [0.25, 0.3) is 11.3 Å². The first-order valence-electron chi connectivity index (χ1n) is 7.87. The van der Waals surface area contributed by atoms with Gasteiger partial charge in [-0.3, -0.25) is 4.79 Å². The second kappa shape index (κ2) is 6.91. The van der Waals surface area contributed by atoms with Gasteiger partial charge in [-0.2, -0.15) is 0 Å². The van der Waals surface area contributed by atoms with Crippen LogP contribution < -0.4 is 11.1 Å². The molecule has 0 spiro atoms. The normalized spacial score (nSPS) is 21.3. The lowest BCUT2D eigenvalue weighted by atomic mass is 9.84. The van der Waals surface area contributed by atoms with Crippen molar-refractivity contribution in [2.75, 3.05) is 0 Å². The predicted octanol–water partition coefficient (Wildman–Crippen LogP) is 2.61. The van der Waals surface area contributed by atoms with E-state index in [1.165, 1.54) is 12.3 Å². The Kier molecular flexibility index (Phi) is 4.71. The van der Waals surface area contributed by atoms with E-state index >= 15 is 0 Å². The Labute approximate surface area is 134 Å². The first-order valence-corrected chi connectivity index (χ1v) is 7.87. The van der Waals surface area contributed by atoms with Gasteiger partial charge in [0.2, 0.25) is 11.8 Å². The van der Waals surface area contributed by atoms with E-state index in [1.54, 1.807) is 18.2 Å². The minimum absolute atomic E-state index is 0.0464. The molecule has 0 bridgehead atoms. The maximum atomic E-state index is 13.7. The highest BCUT2D eigenvalue weighted by molar-refractivity contribution is 5.77. The van der Waals surface area contributed by atoms with Crippen LogP contribution in [0.3, 0.4) is 0 Å². The van der Waals surface area contributed by atoms with E-state index in [1.807, 2.05) is 0 Å². The van der Waals surface area contributed by atoms with Crippen LogP contribution in [-0.4, -0.2) is 16.9 Å². The molecule has 0 aliphatic heterocycles. The zero-order valence-electron chi connectivity index (χ0n) is 12.8. The second-order valence-electron chi connectivity index (χ2n) is 5.88. The first-order chi connectivity index (χ1) is 11.1. The maximum Gasteiger partial charge on any atom is 0.222 e. The molecule has 1 amide bonds. The number of hydrogen-bond donors (Lipinski definition) is 2. The maximum absolute atomic E-state index is 13.7. The third-order valence-corrected chi connectivity index (χ3v) is 4.34. The summed E-state index contributed by atoms with van der Waals surface area (Å²) in [6, 6.07) is 6.46. The van der Waals surface area contributed by atoms with Crippen LogP contribution in [0.4, 0.5) is 4.39 Å². The van der Waals surface area contributed by atoms with Crippen molar-refractivity contribution in [3.63, 3.8) is 0 Å². The molecule has 0 unspecified atom stereocenters. The fraction of sp³-hybridized carbons (Fsp3) is 0.412. The van der Waals surface area contributed by atoms with Crippen LogP contribution in [0.2, 0.25) is 0 Å². The molecule has 0 saturated heterocycles.